The van der Waals surface area contributed by atoms with Gasteiger partial charge < -0.3 is 10.6 Å². The summed E-state index contributed by atoms with van der Waals surface area (Å²) < 4.78 is 14.4. The molecule has 0 aromatic heterocycles. The van der Waals surface area contributed by atoms with E-state index in [4.69, 9.17) is 5.73 Å². The topological polar surface area (TPSA) is 63.4 Å². The summed E-state index contributed by atoms with van der Waals surface area (Å²) in [7, 11) is 0. The van der Waals surface area contributed by atoms with Gasteiger partial charge >= 0.3 is 0 Å². The van der Waals surface area contributed by atoms with Gasteiger partial charge in [0.2, 0.25) is 11.8 Å². The Kier molecular flexibility index (Phi) is 4.75. The molecule has 0 spiro atoms. The second-order valence-electron chi connectivity index (χ2n) is 4.97. The smallest absolute Gasteiger partial charge is 0.227 e. The van der Waals surface area contributed by atoms with Crippen molar-refractivity contribution in [3.63, 3.8) is 0 Å². The predicted octanol–water partition coefficient (Wildman–Crippen LogP) is 1.85. The van der Waals surface area contributed by atoms with Gasteiger partial charge in [0.05, 0.1) is 6.42 Å². The molecular weight excluding hydrogens is 327 g/mol. The second kappa shape index (κ2) is 6.35. The highest BCUT2D eigenvalue weighted by molar-refractivity contribution is 9.10. The van der Waals surface area contributed by atoms with Crippen molar-refractivity contribution in [2.75, 3.05) is 13.1 Å². The zero-order valence-corrected chi connectivity index (χ0v) is 12.5. The van der Waals surface area contributed by atoms with Crippen LogP contribution in [0.1, 0.15) is 18.4 Å². The van der Waals surface area contributed by atoms with Gasteiger partial charge in [-0.3, -0.25) is 9.59 Å². The summed E-state index contributed by atoms with van der Waals surface area (Å²) in [6.45, 7) is 1.00. The van der Waals surface area contributed by atoms with Crippen molar-refractivity contribution >= 4 is 27.7 Å². The summed E-state index contributed by atoms with van der Waals surface area (Å²) in [6, 6.07) is 4.55. The maximum Gasteiger partial charge on any atom is 0.227 e. The standard InChI is InChI=1S/C14H16BrFN2O2/c15-11-1-2-12(16)10(7-11)8-13(19)18-5-3-9(4-6-18)14(17)20/h1-2,7,9H,3-6,8H2,(H2,17,20). The minimum Gasteiger partial charge on any atom is -0.369 e. The largest absolute Gasteiger partial charge is 0.369 e. The van der Waals surface area contributed by atoms with Gasteiger partial charge in [-0.2, -0.15) is 0 Å². The van der Waals surface area contributed by atoms with Crippen molar-refractivity contribution in [1.29, 1.82) is 0 Å². The Morgan fingerprint density at radius 1 is 1.35 bits per heavy atom. The van der Waals surface area contributed by atoms with Crippen molar-refractivity contribution in [3.8, 4) is 0 Å². The molecule has 1 aliphatic rings. The first-order chi connectivity index (χ1) is 9.47. The first kappa shape index (κ1) is 15.0. The van der Waals surface area contributed by atoms with E-state index in [0.29, 0.717) is 31.5 Å². The monoisotopic (exact) mass is 342 g/mol. The number of carbonyl (C=O) groups excluding carboxylic acids is 2. The van der Waals surface area contributed by atoms with Crippen molar-refractivity contribution in [2.24, 2.45) is 11.7 Å². The van der Waals surface area contributed by atoms with E-state index in [1.165, 1.54) is 6.07 Å². The van der Waals surface area contributed by atoms with Crippen molar-refractivity contribution in [2.45, 2.75) is 19.3 Å². The summed E-state index contributed by atoms with van der Waals surface area (Å²) in [5.74, 6) is -0.963. The van der Waals surface area contributed by atoms with E-state index >= 15 is 0 Å². The first-order valence-electron chi connectivity index (χ1n) is 6.48. The number of amides is 2. The molecule has 108 valence electrons. The van der Waals surface area contributed by atoms with Crippen LogP contribution in [0.3, 0.4) is 0 Å². The molecule has 2 rings (SSSR count). The molecule has 0 unspecified atom stereocenters. The first-order valence-corrected chi connectivity index (χ1v) is 7.27. The highest BCUT2D eigenvalue weighted by Crippen LogP contribution is 2.20. The molecule has 2 amide bonds. The molecule has 0 bridgehead atoms. The molecule has 1 fully saturated rings. The molecule has 4 nitrogen and oxygen atoms in total. The average Bonchev–Trinajstić information content (AvgIpc) is 2.43. The zero-order valence-electron chi connectivity index (χ0n) is 10.9. The lowest BCUT2D eigenvalue weighted by Gasteiger charge is -2.30. The maximum absolute atomic E-state index is 13.6. The van der Waals surface area contributed by atoms with Gasteiger partial charge in [0, 0.05) is 23.5 Å². The molecule has 6 heteroatoms. The van der Waals surface area contributed by atoms with E-state index in [0.717, 1.165) is 4.47 Å². The Labute approximate surface area is 125 Å². The molecule has 0 radical (unpaired) electrons. The lowest BCUT2D eigenvalue weighted by Crippen LogP contribution is -2.42. The summed E-state index contributed by atoms with van der Waals surface area (Å²) in [5, 5.41) is 0. The van der Waals surface area contributed by atoms with Crippen molar-refractivity contribution in [1.82, 2.24) is 4.90 Å². The Balaban J connectivity index is 1.96. The molecule has 20 heavy (non-hydrogen) atoms. The number of primary amides is 1. The highest BCUT2D eigenvalue weighted by Gasteiger charge is 2.26. The van der Waals surface area contributed by atoms with Gasteiger partial charge in [0.15, 0.2) is 0 Å². The number of benzene rings is 1. The Morgan fingerprint density at radius 2 is 2.00 bits per heavy atom. The third-order valence-electron chi connectivity index (χ3n) is 3.60. The van der Waals surface area contributed by atoms with Crippen LogP contribution in [0.4, 0.5) is 4.39 Å². The van der Waals surface area contributed by atoms with Crippen LogP contribution in [0, 0.1) is 11.7 Å². The maximum atomic E-state index is 13.6. The molecule has 1 heterocycles. The quantitative estimate of drug-likeness (QED) is 0.911. The summed E-state index contributed by atoms with van der Waals surface area (Å²) in [5.41, 5.74) is 5.63. The minimum atomic E-state index is -0.381. The lowest BCUT2D eigenvalue weighted by molar-refractivity contribution is -0.134. The van der Waals surface area contributed by atoms with E-state index in [2.05, 4.69) is 15.9 Å². The van der Waals surface area contributed by atoms with Gasteiger partial charge in [-0.05, 0) is 36.6 Å². The van der Waals surface area contributed by atoms with E-state index in [1.807, 2.05) is 0 Å². The van der Waals surface area contributed by atoms with Gasteiger partial charge in [-0.15, -0.1) is 0 Å². The van der Waals surface area contributed by atoms with Crippen LogP contribution in [-0.2, 0) is 16.0 Å². The Morgan fingerprint density at radius 3 is 2.60 bits per heavy atom. The van der Waals surface area contributed by atoms with Crippen LogP contribution >= 0.6 is 15.9 Å². The molecular formula is C14H16BrFN2O2. The average molecular weight is 343 g/mol. The van der Waals surface area contributed by atoms with Crippen LogP contribution in [0.25, 0.3) is 0 Å². The molecule has 1 saturated heterocycles. The fourth-order valence-corrected chi connectivity index (χ4v) is 2.78. The summed E-state index contributed by atoms with van der Waals surface area (Å²) in [4.78, 5) is 24.9. The Bertz CT molecular complexity index is 528. The molecule has 0 atom stereocenters. The number of carbonyl (C=O) groups is 2. The van der Waals surface area contributed by atoms with Gasteiger partial charge in [0.25, 0.3) is 0 Å². The molecule has 0 saturated carbocycles. The lowest BCUT2D eigenvalue weighted by atomic mass is 9.96. The molecule has 2 N–H and O–H groups in total. The van der Waals surface area contributed by atoms with E-state index in [9.17, 15) is 14.0 Å². The number of hydrogen-bond acceptors (Lipinski definition) is 2. The van der Waals surface area contributed by atoms with Crippen LogP contribution < -0.4 is 5.73 Å². The van der Waals surface area contributed by atoms with E-state index < -0.39 is 0 Å². The van der Waals surface area contributed by atoms with Crippen LogP contribution in [0.5, 0.6) is 0 Å². The van der Waals surface area contributed by atoms with E-state index in [-0.39, 0.29) is 30.0 Å². The summed E-state index contributed by atoms with van der Waals surface area (Å²) in [6.07, 6.45) is 1.20. The molecule has 1 aromatic carbocycles. The van der Waals surface area contributed by atoms with Gasteiger partial charge in [-0.25, -0.2) is 4.39 Å². The second-order valence-corrected chi connectivity index (χ2v) is 5.89. The number of halogens is 2. The number of hydrogen-bond donors (Lipinski definition) is 1. The van der Waals surface area contributed by atoms with Gasteiger partial charge in [-0.1, -0.05) is 15.9 Å². The van der Waals surface area contributed by atoms with Crippen LogP contribution in [-0.4, -0.2) is 29.8 Å². The number of nitrogens with two attached hydrogens (primary N) is 1. The number of likely N-dealkylation sites (tertiary alicyclic amines) is 1. The fourth-order valence-electron chi connectivity index (χ4n) is 2.37. The predicted molar refractivity (Wildman–Crippen MR) is 76.3 cm³/mol. The summed E-state index contributed by atoms with van der Waals surface area (Å²) >= 11 is 3.26. The Hall–Kier alpha value is -1.43. The number of nitrogens with zero attached hydrogens (tertiary/aromatic N) is 1. The highest BCUT2D eigenvalue weighted by atomic mass is 79.9. The van der Waals surface area contributed by atoms with Crippen LogP contribution in [0.15, 0.2) is 22.7 Å². The zero-order chi connectivity index (χ0) is 14.7. The van der Waals surface area contributed by atoms with Gasteiger partial charge in [0.1, 0.15) is 5.82 Å². The third-order valence-corrected chi connectivity index (χ3v) is 4.09. The molecule has 1 aliphatic heterocycles. The number of piperidine rings is 1. The third kappa shape index (κ3) is 3.56. The minimum absolute atomic E-state index is 0.0342. The van der Waals surface area contributed by atoms with Crippen molar-refractivity contribution in [3.05, 3.63) is 34.1 Å². The normalized spacial score (nSPS) is 16.2. The number of rotatable bonds is 3. The fraction of sp³-hybridized carbons (Fsp3) is 0.429. The van der Waals surface area contributed by atoms with Crippen molar-refractivity contribution < 1.29 is 14.0 Å². The van der Waals surface area contributed by atoms with E-state index in [1.54, 1.807) is 17.0 Å². The van der Waals surface area contributed by atoms with Crippen LogP contribution in [0.2, 0.25) is 0 Å². The molecule has 1 aromatic rings. The molecule has 0 aliphatic carbocycles. The SMILES string of the molecule is NC(=O)C1CCN(C(=O)Cc2cc(Br)ccc2F)CC1.